The molecule has 0 fully saturated rings. The van der Waals surface area contributed by atoms with Gasteiger partial charge in [-0.2, -0.15) is 4.68 Å². The minimum absolute atomic E-state index is 0.206. The molecule has 0 atom stereocenters. The summed E-state index contributed by atoms with van der Waals surface area (Å²) in [4.78, 5) is 47.8. The Morgan fingerprint density at radius 2 is 1.79 bits per heavy atom. The third-order valence-corrected chi connectivity index (χ3v) is 3.85. The van der Waals surface area contributed by atoms with Gasteiger partial charge in [0, 0.05) is 5.56 Å². The van der Waals surface area contributed by atoms with E-state index in [4.69, 9.17) is 4.74 Å². The molecule has 0 radical (unpaired) electrons. The molecule has 1 heterocycles. The van der Waals surface area contributed by atoms with E-state index in [1.807, 2.05) is 0 Å². The molecule has 0 spiro atoms. The number of amides is 1. The van der Waals surface area contributed by atoms with Crippen LogP contribution in [0.1, 0.15) is 17.3 Å². The number of carbonyl (C=O) groups is 3. The first kappa shape index (κ1) is 18.9. The van der Waals surface area contributed by atoms with Crippen molar-refractivity contribution in [2.45, 2.75) is 13.5 Å². The summed E-state index contributed by atoms with van der Waals surface area (Å²) < 4.78 is 5.75. The number of ketones is 1. The molecular weight excluding hydrogens is 364 g/mol. The van der Waals surface area contributed by atoms with Gasteiger partial charge in [-0.05, 0) is 31.2 Å². The monoisotopic (exact) mass is 380 g/mol. The number of ether oxygens (including phenoxy) is 1. The number of aromatic nitrogens is 3. The average Bonchev–Trinajstić information content (AvgIpc) is 2.69. The molecule has 142 valence electrons. The summed E-state index contributed by atoms with van der Waals surface area (Å²) in [6.45, 7) is 0.335. The molecule has 2 aromatic carbocycles. The molecule has 0 saturated heterocycles. The van der Waals surface area contributed by atoms with E-state index >= 15 is 0 Å². The van der Waals surface area contributed by atoms with Crippen LogP contribution in [-0.4, -0.2) is 39.3 Å². The molecule has 1 N–H and O–H groups in total. The van der Waals surface area contributed by atoms with Gasteiger partial charge in [0.25, 0.3) is 11.5 Å². The summed E-state index contributed by atoms with van der Waals surface area (Å²) in [6.07, 6.45) is 0. The third kappa shape index (κ3) is 4.26. The first-order valence-corrected chi connectivity index (χ1v) is 8.33. The molecule has 3 aromatic rings. The zero-order valence-corrected chi connectivity index (χ0v) is 14.9. The lowest BCUT2D eigenvalue weighted by Crippen LogP contribution is -2.30. The number of nitrogens with zero attached hydrogens (tertiary/aromatic N) is 3. The number of nitrogens with one attached hydrogen (secondary N) is 1. The molecule has 3 rings (SSSR count). The van der Waals surface area contributed by atoms with Crippen molar-refractivity contribution in [1.82, 2.24) is 15.0 Å². The van der Waals surface area contributed by atoms with Crippen LogP contribution >= 0.6 is 0 Å². The van der Waals surface area contributed by atoms with Crippen LogP contribution in [0.25, 0.3) is 10.9 Å². The smallest absolute Gasteiger partial charge is 0.328 e. The van der Waals surface area contributed by atoms with Gasteiger partial charge in [-0.1, -0.05) is 29.5 Å². The van der Waals surface area contributed by atoms with Gasteiger partial charge in [-0.15, -0.1) is 5.10 Å². The zero-order valence-electron chi connectivity index (χ0n) is 14.9. The van der Waals surface area contributed by atoms with Gasteiger partial charge in [0.2, 0.25) is 0 Å². The third-order valence-electron chi connectivity index (χ3n) is 3.85. The molecule has 0 saturated carbocycles. The first-order chi connectivity index (χ1) is 13.5. The number of fused-ring (bicyclic) bond motifs is 1. The van der Waals surface area contributed by atoms with Crippen LogP contribution in [0.3, 0.4) is 0 Å². The van der Waals surface area contributed by atoms with Gasteiger partial charge in [-0.3, -0.25) is 19.2 Å². The molecule has 1 aromatic heterocycles. The lowest BCUT2D eigenvalue weighted by atomic mass is 10.1. The maximum atomic E-state index is 12.3. The fourth-order valence-electron chi connectivity index (χ4n) is 2.53. The maximum Gasteiger partial charge on any atom is 0.328 e. The zero-order chi connectivity index (χ0) is 20.1. The van der Waals surface area contributed by atoms with Crippen LogP contribution in [0.15, 0.2) is 53.3 Å². The number of carbonyl (C=O) groups excluding carboxylic acids is 3. The topological polar surface area (TPSA) is 120 Å². The first-order valence-electron chi connectivity index (χ1n) is 8.33. The summed E-state index contributed by atoms with van der Waals surface area (Å²) in [6, 6.07) is 13.1. The number of Topliss-reactive ketones (excluding diaryl/α,β-unsaturated/α-hetero) is 1. The molecular formula is C19H16N4O5. The van der Waals surface area contributed by atoms with E-state index in [0.717, 1.165) is 4.68 Å². The van der Waals surface area contributed by atoms with Gasteiger partial charge in [0.05, 0.1) is 11.1 Å². The van der Waals surface area contributed by atoms with E-state index in [9.17, 15) is 19.2 Å². The Morgan fingerprint density at radius 1 is 1.07 bits per heavy atom. The minimum Gasteiger partial charge on any atom is -0.454 e. The second-order valence-electron chi connectivity index (χ2n) is 5.88. The van der Waals surface area contributed by atoms with Crippen LogP contribution in [-0.2, 0) is 20.9 Å². The Morgan fingerprint density at radius 3 is 2.57 bits per heavy atom. The summed E-state index contributed by atoms with van der Waals surface area (Å²) in [7, 11) is 0. The van der Waals surface area contributed by atoms with Crippen LogP contribution in [0.5, 0.6) is 0 Å². The summed E-state index contributed by atoms with van der Waals surface area (Å²) in [5.41, 5.74) is 0.607. The lowest BCUT2D eigenvalue weighted by Gasteiger charge is -2.09. The number of para-hydroxylation sites is 1. The Kier molecular flexibility index (Phi) is 5.54. The predicted molar refractivity (Wildman–Crippen MR) is 99.8 cm³/mol. The fraction of sp³-hybridized carbons (Fsp3) is 0.158. The van der Waals surface area contributed by atoms with Crippen molar-refractivity contribution in [2.75, 3.05) is 11.9 Å². The summed E-state index contributed by atoms with van der Waals surface area (Å²) in [5, 5.41) is 10.4. The number of anilines is 1. The molecule has 0 bridgehead atoms. The van der Waals surface area contributed by atoms with Gasteiger partial charge in [-0.25, -0.2) is 0 Å². The predicted octanol–water partition coefficient (Wildman–Crippen LogP) is 1.18. The van der Waals surface area contributed by atoms with Crippen LogP contribution < -0.4 is 10.9 Å². The highest BCUT2D eigenvalue weighted by Gasteiger charge is 2.14. The Bertz CT molecular complexity index is 1120. The molecule has 0 aliphatic rings. The van der Waals surface area contributed by atoms with Crippen molar-refractivity contribution >= 4 is 34.3 Å². The number of hydrogen-bond donors (Lipinski definition) is 1. The van der Waals surface area contributed by atoms with E-state index in [2.05, 4.69) is 15.6 Å². The molecule has 0 aliphatic heterocycles. The fourth-order valence-corrected chi connectivity index (χ4v) is 2.53. The van der Waals surface area contributed by atoms with E-state index in [0.29, 0.717) is 22.2 Å². The van der Waals surface area contributed by atoms with Crippen molar-refractivity contribution in [1.29, 1.82) is 0 Å². The van der Waals surface area contributed by atoms with Crippen LogP contribution in [0, 0.1) is 0 Å². The number of benzene rings is 2. The molecule has 1 amide bonds. The Balaban J connectivity index is 1.60. The summed E-state index contributed by atoms with van der Waals surface area (Å²) >= 11 is 0. The minimum atomic E-state index is -0.818. The Labute approximate surface area is 158 Å². The summed E-state index contributed by atoms with van der Waals surface area (Å²) in [5.74, 6) is -1.64. The van der Waals surface area contributed by atoms with Crippen molar-refractivity contribution in [3.63, 3.8) is 0 Å². The maximum absolute atomic E-state index is 12.3. The van der Waals surface area contributed by atoms with Crippen molar-refractivity contribution in [2.24, 2.45) is 0 Å². The van der Waals surface area contributed by atoms with Crippen molar-refractivity contribution in [3.8, 4) is 0 Å². The Hall–Kier alpha value is -3.88. The highest BCUT2D eigenvalue weighted by atomic mass is 16.5. The normalized spacial score (nSPS) is 10.5. The second-order valence-corrected chi connectivity index (χ2v) is 5.88. The van der Waals surface area contributed by atoms with E-state index in [1.54, 1.807) is 48.5 Å². The number of rotatable bonds is 6. The quantitative estimate of drug-likeness (QED) is 0.503. The van der Waals surface area contributed by atoms with E-state index in [-0.39, 0.29) is 5.78 Å². The van der Waals surface area contributed by atoms with Gasteiger partial charge in [0.15, 0.2) is 12.4 Å². The van der Waals surface area contributed by atoms with Crippen LogP contribution in [0.2, 0.25) is 0 Å². The molecule has 9 nitrogen and oxygen atoms in total. The van der Waals surface area contributed by atoms with E-state index < -0.39 is 30.6 Å². The van der Waals surface area contributed by atoms with Gasteiger partial charge in [0.1, 0.15) is 12.1 Å². The average molecular weight is 380 g/mol. The van der Waals surface area contributed by atoms with Crippen LogP contribution in [0.4, 0.5) is 5.69 Å². The highest BCUT2D eigenvalue weighted by Crippen LogP contribution is 2.15. The SMILES string of the molecule is CC(=O)c1ccccc1NC(=O)COC(=O)Cn1nnc2ccccc2c1=O. The van der Waals surface area contributed by atoms with Crippen molar-refractivity contribution in [3.05, 3.63) is 64.4 Å². The molecule has 0 unspecified atom stereocenters. The highest BCUT2D eigenvalue weighted by molar-refractivity contribution is 6.04. The molecule has 9 heteroatoms. The second kappa shape index (κ2) is 8.21. The van der Waals surface area contributed by atoms with Crippen molar-refractivity contribution < 1.29 is 19.1 Å². The lowest BCUT2D eigenvalue weighted by molar-refractivity contribution is -0.148. The molecule has 0 aliphatic carbocycles. The van der Waals surface area contributed by atoms with E-state index in [1.165, 1.54) is 6.92 Å². The van der Waals surface area contributed by atoms with Gasteiger partial charge >= 0.3 is 5.97 Å². The largest absolute Gasteiger partial charge is 0.454 e. The standard InChI is InChI=1S/C19H16N4O5/c1-12(24)13-6-2-4-8-15(13)20-17(25)11-28-18(26)10-23-19(27)14-7-3-5-9-16(14)21-22-23/h2-9H,10-11H2,1H3,(H,20,25). The molecule has 28 heavy (non-hydrogen) atoms. The number of esters is 1. The van der Waals surface area contributed by atoms with Gasteiger partial charge < -0.3 is 10.1 Å². The number of hydrogen-bond acceptors (Lipinski definition) is 7.